The van der Waals surface area contributed by atoms with Crippen LogP contribution in [0, 0.1) is 0 Å². The van der Waals surface area contributed by atoms with Crippen LogP contribution in [0.2, 0.25) is 0 Å². The molecule has 1 aromatic heterocycles. The maximum absolute atomic E-state index is 12.5. The topological polar surface area (TPSA) is 59.4 Å². The van der Waals surface area contributed by atoms with Crippen molar-refractivity contribution in [2.45, 2.75) is 19.0 Å². The smallest absolute Gasteiger partial charge is 0.354 e. The van der Waals surface area contributed by atoms with Gasteiger partial charge in [0.1, 0.15) is 12.3 Å². The number of halogens is 4. The Hall–Kier alpha value is -1.70. The lowest BCUT2D eigenvalue weighted by molar-refractivity contribution is -0.168. The minimum Gasteiger partial charge on any atom is -0.477 e. The van der Waals surface area contributed by atoms with Gasteiger partial charge in [0.25, 0.3) is 0 Å². The number of aromatic nitrogens is 1. The highest BCUT2D eigenvalue weighted by atomic mass is 19.3. The molecule has 4 nitrogen and oxygen atoms in total. The van der Waals surface area contributed by atoms with Gasteiger partial charge in [0.15, 0.2) is 0 Å². The molecule has 0 aliphatic rings. The quantitative estimate of drug-likeness (QED) is 0.803. The third-order valence-electron chi connectivity index (χ3n) is 1.93. The van der Waals surface area contributed by atoms with Gasteiger partial charge in [0.05, 0.1) is 6.61 Å². The molecule has 1 N–H and O–H groups in total. The number of carbonyl (C=O) groups is 1. The molecule has 18 heavy (non-hydrogen) atoms. The van der Waals surface area contributed by atoms with E-state index in [4.69, 9.17) is 5.11 Å². The van der Waals surface area contributed by atoms with Gasteiger partial charge in [-0.3, -0.25) is 0 Å². The van der Waals surface area contributed by atoms with E-state index < -0.39 is 24.9 Å². The number of carboxylic acid groups (broad SMARTS) is 1. The van der Waals surface area contributed by atoms with Gasteiger partial charge in [-0.15, -0.1) is 0 Å². The maximum Gasteiger partial charge on any atom is 0.354 e. The summed E-state index contributed by atoms with van der Waals surface area (Å²) >= 11 is 0. The van der Waals surface area contributed by atoms with Crippen molar-refractivity contribution in [3.63, 3.8) is 0 Å². The molecular formula is C10H9F4NO3. The van der Waals surface area contributed by atoms with Crippen LogP contribution in [0.3, 0.4) is 0 Å². The van der Waals surface area contributed by atoms with E-state index in [-0.39, 0.29) is 12.3 Å². The number of hydrogen-bond acceptors (Lipinski definition) is 3. The summed E-state index contributed by atoms with van der Waals surface area (Å²) in [6, 6.07) is 2.46. The van der Waals surface area contributed by atoms with Crippen LogP contribution in [-0.2, 0) is 11.3 Å². The van der Waals surface area contributed by atoms with Gasteiger partial charge in [0, 0.05) is 6.20 Å². The van der Waals surface area contributed by atoms with Crippen molar-refractivity contribution in [1.29, 1.82) is 0 Å². The molecule has 1 aromatic rings. The molecular weight excluding hydrogens is 258 g/mol. The summed E-state index contributed by atoms with van der Waals surface area (Å²) < 4.78 is 52.9. The van der Waals surface area contributed by atoms with Crippen molar-refractivity contribution in [3.05, 3.63) is 29.6 Å². The zero-order chi connectivity index (χ0) is 13.8. The summed E-state index contributed by atoms with van der Waals surface area (Å²) in [7, 11) is 0. The normalized spacial score (nSPS) is 11.8. The monoisotopic (exact) mass is 267 g/mol. The van der Waals surface area contributed by atoms with Crippen molar-refractivity contribution < 1.29 is 32.2 Å². The van der Waals surface area contributed by atoms with Crippen LogP contribution >= 0.6 is 0 Å². The number of alkyl halides is 4. The van der Waals surface area contributed by atoms with Crippen LogP contribution in [0.4, 0.5) is 17.6 Å². The van der Waals surface area contributed by atoms with E-state index in [9.17, 15) is 22.4 Å². The van der Waals surface area contributed by atoms with Crippen LogP contribution in [0.15, 0.2) is 18.3 Å². The lowest BCUT2D eigenvalue weighted by Crippen LogP contribution is -2.32. The largest absolute Gasteiger partial charge is 0.477 e. The Morgan fingerprint density at radius 1 is 1.44 bits per heavy atom. The fourth-order valence-corrected chi connectivity index (χ4v) is 1.00. The molecule has 0 saturated heterocycles. The average Bonchev–Trinajstić information content (AvgIpc) is 2.29. The number of carboxylic acids is 1. The second-order valence-corrected chi connectivity index (χ2v) is 3.41. The van der Waals surface area contributed by atoms with Gasteiger partial charge in [-0.25, -0.2) is 18.6 Å². The van der Waals surface area contributed by atoms with E-state index in [1.807, 2.05) is 0 Å². The summed E-state index contributed by atoms with van der Waals surface area (Å²) in [6.07, 6.45) is -2.67. The second kappa shape index (κ2) is 5.76. The second-order valence-electron chi connectivity index (χ2n) is 3.41. The van der Waals surface area contributed by atoms with Crippen molar-refractivity contribution in [1.82, 2.24) is 4.98 Å². The molecule has 0 aromatic carbocycles. The van der Waals surface area contributed by atoms with Gasteiger partial charge in [0.2, 0.25) is 0 Å². The summed E-state index contributed by atoms with van der Waals surface area (Å²) in [5.74, 6) is -5.43. The zero-order valence-corrected chi connectivity index (χ0v) is 8.95. The summed E-state index contributed by atoms with van der Waals surface area (Å²) in [5.41, 5.74) is 0.0988. The Morgan fingerprint density at radius 2 is 2.11 bits per heavy atom. The summed E-state index contributed by atoms with van der Waals surface area (Å²) in [4.78, 5) is 14.0. The van der Waals surface area contributed by atoms with E-state index in [1.165, 1.54) is 6.07 Å². The van der Waals surface area contributed by atoms with Crippen molar-refractivity contribution in [2.75, 3.05) is 6.61 Å². The molecule has 0 atom stereocenters. The molecule has 0 bridgehead atoms. The van der Waals surface area contributed by atoms with Crippen LogP contribution in [0.1, 0.15) is 16.1 Å². The Balaban J connectivity index is 2.47. The number of ether oxygens (including phenoxy) is 1. The minimum atomic E-state index is -4.20. The molecule has 8 heteroatoms. The highest BCUT2D eigenvalue weighted by Gasteiger charge is 2.40. The van der Waals surface area contributed by atoms with Gasteiger partial charge in [-0.05, 0) is 11.6 Å². The zero-order valence-electron chi connectivity index (χ0n) is 8.95. The van der Waals surface area contributed by atoms with Gasteiger partial charge in [-0.2, -0.15) is 8.78 Å². The van der Waals surface area contributed by atoms with E-state index in [1.54, 1.807) is 0 Å². The number of hydrogen-bond donors (Lipinski definition) is 1. The predicted octanol–water partition coefficient (Wildman–Crippen LogP) is 2.20. The Morgan fingerprint density at radius 3 is 2.56 bits per heavy atom. The number of aromatic carboxylic acids is 1. The molecule has 0 aliphatic carbocycles. The molecule has 1 rings (SSSR count). The first-order valence-electron chi connectivity index (χ1n) is 4.75. The first kappa shape index (κ1) is 14.4. The van der Waals surface area contributed by atoms with Crippen molar-refractivity contribution in [3.8, 4) is 0 Å². The van der Waals surface area contributed by atoms with Crippen LogP contribution in [0.25, 0.3) is 0 Å². The van der Waals surface area contributed by atoms with Crippen molar-refractivity contribution >= 4 is 5.97 Å². The highest BCUT2D eigenvalue weighted by Crippen LogP contribution is 2.23. The third kappa shape index (κ3) is 3.95. The van der Waals surface area contributed by atoms with Crippen LogP contribution in [-0.4, -0.2) is 35.0 Å². The maximum atomic E-state index is 12.5. The Kier molecular flexibility index (Phi) is 4.60. The molecule has 0 radical (unpaired) electrons. The van der Waals surface area contributed by atoms with E-state index >= 15 is 0 Å². The highest BCUT2D eigenvalue weighted by molar-refractivity contribution is 5.85. The fraction of sp³-hybridized carbons (Fsp3) is 0.400. The molecule has 1 heterocycles. The Bertz CT molecular complexity index is 408. The standard InChI is InChI=1S/C10H9F4NO3/c11-9(12)10(13,14)5-18-4-6-1-2-7(8(16)17)15-3-6/h1-3,9H,4-5H2,(H,16,17). The number of rotatable bonds is 6. The first-order chi connectivity index (χ1) is 8.33. The van der Waals surface area contributed by atoms with Gasteiger partial charge < -0.3 is 9.84 Å². The molecule has 0 spiro atoms. The lowest BCUT2D eigenvalue weighted by Gasteiger charge is -2.14. The fourth-order valence-electron chi connectivity index (χ4n) is 1.00. The molecule has 0 fully saturated rings. The lowest BCUT2D eigenvalue weighted by atomic mass is 10.2. The van der Waals surface area contributed by atoms with E-state index in [0.29, 0.717) is 5.56 Å². The van der Waals surface area contributed by atoms with Gasteiger partial charge >= 0.3 is 18.3 Å². The summed E-state index contributed by atoms with van der Waals surface area (Å²) in [5, 5.41) is 8.54. The predicted molar refractivity (Wildman–Crippen MR) is 51.8 cm³/mol. The average molecular weight is 267 g/mol. The van der Waals surface area contributed by atoms with Gasteiger partial charge in [-0.1, -0.05) is 6.07 Å². The minimum absolute atomic E-state index is 0.211. The SMILES string of the molecule is O=C(O)c1ccc(COCC(F)(F)C(F)F)cn1. The van der Waals surface area contributed by atoms with Crippen LogP contribution < -0.4 is 0 Å². The van der Waals surface area contributed by atoms with E-state index in [0.717, 1.165) is 12.3 Å². The third-order valence-corrected chi connectivity index (χ3v) is 1.93. The molecule has 0 saturated carbocycles. The molecule has 0 aliphatic heterocycles. The Labute approximate surface area is 99.2 Å². The number of nitrogens with zero attached hydrogens (tertiary/aromatic N) is 1. The molecule has 0 unspecified atom stereocenters. The first-order valence-corrected chi connectivity index (χ1v) is 4.75. The van der Waals surface area contributed by atoms with Crippen LogP contribution in [0.5, 0.6) is 0 Å². The molecule has 0 amide bonds. The van der Waals surface area contributed by atoms with E-state index in [2.05, 4.69) is 9.72 Å². The number of pyridine rings is 1. The molecule has 100 valence electrons. The summed E-state index contributed by atoms with van der Waals surface area (Å²) in [6.45, 7) is -1.76. The van der Waals surface area contributed by atoms with Crippen molar-refractivity contribution in [2.24, 2.45) is 0 Å².